The van der Waals surface area contributed by atoms with Crippen molar-refractivity contribution in [3.8, 4) is 0 Å². The third-order valence-corrected chi connectivity index (χ3v) is 5.43. The van der Waals surface area contributed by atoms with Crippen LogP contribution in [0.5, 0.6) is 0 Å². The van der Waals surface area contributed by atoms with Crippen LogP contribution in [0.1, 0.15) is 32.6 Å². The molecule has 1 aromatic rings. The highest BCUT2D eigenvalue weighted by Gasteiger charge is 2.29. The number of sulfonamides is 1. The summed E-state index contributed by atoms with van der Waals surface area (Å²) in [5.41, 5.74) is 0. The Morgan fingerprint density at radius 2 is 2.14 bits per heavy atom. The number of anilines is 1. The third kappa shape index (κ3) is 4.15. The van der Waals surface area contributed by atoms with E-state index in [1.54, 1.807) is 6.20 Å². The lowest BCUT2D eigenvalue weighted by molar-refractivity contribution is 0.101. The Labute approximate surface area is 133 Å². The Bertz CT molecular complexity index is 594. The van der Waals surface area contributed by atoms with Crippen molar-refractivity contribution in [3.63, 3.8) is 0 Å². The number of nitrogens with zero attached hydrogens (tertiary/aromatic N) is 1. The minimum absolute atomic E-state index is 0.0940. The molecule has 2 atom stereocenters. The van der Waals surface area contributed by atoms with Crippen molar-refractivity contribution in [3.05, 3.63) is 16.7 Å². The Kier molecular flexibility index (Phi) is 5.59. The molecule has 6 nitrogen and oxygen atoms in total. The van der Waals surface area contributed by atoms with E-state index in [2.05, 4.69) is 31.0 Å². The van der Waals surface area contributed by atoms with Gasteiger partial charge in [0.1, 0.15) is 10.7 Å². The molecule has 8 heteroatoms. The molecule has 1 saturated carbocycles. The smallest absolute Gasteiger partial charge is 0.244 e. The summed E-state index contributed by atoms with van der Waals surface area (Å²) in [4.78, 5) is 4.20. The summed E-state index contributed by atoms with van der Waals surface area (Å²) in [6.45, 7) is 2.45. The highest BCUT2D eigenvalue weighted by Crippen LogP contribution is 2.25. The Hall–Kier alpha value is -0.700. The first-order valence-corrected chi connectivity index (χ1v) is 9.31. The molecule has 0 aromatic carbocycles. The monoisotopic (exact) mass is 377 g/mol. The van der Waals surface area contributed by atoms with E-state index >= 15 is 0 Å². The molecular formula is C13H20BrN3O3S. The molecule has 2 unspecified atom stereocenters. The largest absolute Gasteiger partial charge is 0.391 e. The fourth-order valence-electron chi connectivity index (χ4n) is 2.44. The van der Waals surface area contributed by atoms with Gasteiger partial charge >= 0.3 is 0 Å². The number of hydrogen-bond acceptors (Lipinski definition) is 5. The standard InChI is InChI=1S/C13H20BrN3O3S/c1-2-15-13-12(7-9(14)8-16-13)21(19,20)17-10-5-3-4-6-11(10)18/h7-8,10-11,17-18H,2-6H2,1H3,(H,15,16). The van der Waals surface area contributed by atoms with Crippen LogP contribution in [0.2, 0.25) is 0 Å². The minimum atomic E-state index is -3.73. The minimum Gasteiger partial charge on any atom is -0.391 e. The molecule has 1 aromatic heterocycles. The lowest BCUT2D eigenvalue weighted by Crippen LogP contribution is -2.45. The highest BCUT2D eigenvalue weighted by molar-refractivity contribution is 9.10. The van der Waals surface area contributed by atoms with Crippen LogP contribution in [-0.2, 0) is 10.0 Å². The van der Waals surface area contributed by atoms with E-state index in [0.29, 0.717) is 29.7 Å². The van der Waals surface area contributed by atoms with Crippen molar-refractivity contribution in [2.75, 3.05) is 11.9 Å². The first kappa shape index (κ1) is 16.7. The number of hydrogen-bond donors (Lipinski definition) is 3. The molecule has 1 fully saturated rings. The fraction of sp³-hybridized carbons (Fsp3) is 0.615. The van der Waals surface area contributed by atoms with Crippen LogP contribution >= 0.6 is 15.9 Å². The summed E-state index contributed by atoms with van der Waals surface area (Å²) in [6, 6.07) is 1.08. The maximum atomic E-state index is 12.6. The zero-order valence-corrected chi connectivity index (χ0v) is 14.2. The van der Waals surface area contributed by atoms with Crippen LogP contribution < -0.4 is 10.0 Å². The van der Waals surface area contributed by atoms with Gasteiger partial charge in [0.05, 0.1) is 6.10 Å². The fourth-order valence-corrected chi connectivity index (χ4v) is 4.38. The van der Waals surface area contributed by atoms with Gasteiger partial charge in [0.2, 0.25) is 10.0 Å². The van der Waals surface area contributed by atoms with E-state index in [1.165, 1.54) is 6.07 Å². The summed E-state index contributed by atoms with van der Waals surface area (Å²) in [5, 5.41) is 12.9. The van der Waals surface area contributed by atoms with Crippen molar-refractivity contribution in [1.29, 1.82) is 0 Å². The van der Waals surface area contributed by atoms with E-state index in [1.807, 2.05) is 6.92 Å². The molecule has 1 aliphatic rings. The number of halogens is 1. The predicted octanol–water partition coefficient (Wildman–Crippen LogP) is 1.86. The van der Waals surface area contributed by atoms with Gasteiger partial charge in [-0.25, -0.2) is 18.1 Å². The van der Waals surface area contributed by atoms with Crippen molar-refractivity contribution in [2.24, 2.45) is 0 Å². The van der Waals surface area contributed by atoms with Gasteiger partial charge in [0, 0.05) is 23.3 Å². The first-order valence-electron chi connectivity index (χ1n) is 7.04. The van der Waals surface area contributed by atoms with Gasteiger partial charge in [-0.3, -0.25) is 0 Å². The second-order valence-electron chi connectivity index (χ2n) is 5.11. The predicted molar refractivity (Wildman–Crippen MR) is 84.7 cm³/mol. The SMILES string of the molecule is CCNc1ncc(Br)cc1S(=O)(=O)NC1CCCCC1O. The molecule has 1 aliphatic carbocycles. The van der Waals surface area contributed by atoms with Crippen LogP contribution in [0.3, 0.4) is 0 Å². The van der Waals surface area contributed by atoms with Crippen LogP contribution in [0, 0.1) is 0 Å². The topological polar surface area (TPSA) is 91.3 Å². The second-order valence-corrected chi connectivity index (χ2v) is 7.71. The Balaban J connectivity index is 2.28. The van der Waals surface area contributed by atoms with Crippen molar-refractivity contribution < 1.29 is 13.5 Å². The highest BCUT2D eigenvalue weighted by atomic mass is 79.9. The van der Waals surface area contributed by atoms with Gasteiger partial charge in [0.25, 0.3) is 0 Å². The Morgan fingerprint density at radius 1 is 1.43 bits per heavy atom. The average Bonchev–Trinajstić information content (AvgIpc) is 2.43. The van der Waals surface area contributed by atoms with E-state index in [0.717, 1.165) is 12.8 Å². The molecule has 0 aliphatic heterocycles. The number of aromatic nitrogens is 1. The van der Waals surface area contributed by atoms with Crippen molar-refractivity contribution in [1.82, 2.24) is 9.71 Å². The molecule has 1 heterocycles. The lowest BCUT2D eigenvalue weighted by Gasteiger charge is -2.28. The van der Waals surface area contributed by atoms with E-state index in [-0.39, 0.29) is 4.90 Å². The van der Waals surface area contributed by atoms with Gasteiger partial charge in [-0.2, -0.15) is 0 Å². The van der Waals surface area contributed by atoms with E-state index in [4.69, 9.17) is 0 Å². The summed E-state index contributed by atoms with van der Waals surface area (Å²) >= 11 is 3.25. The van der Waals surface area contributed by atoms with Gasteiger partial charge in [-0.15, -0.1) is 0 Å². The van der Waals surface area contributed by atoms with Gasteiger partial charge in [-0.05, 0) is 41.8 Å². The molecule has 0 amide bonds. The molecule has 0 bridgehead atoms. The number of pyridine rings is 1. The zero-order valence-electron chi connectivity index (χ0n) is 11.8. The number of aliphatic hydroxyl groups excluding tert-OH is 1. The van der Waals surface area contributed by atoms with Crippen LogP contribution in [0.15, 0.2) is 21.6 Å². The van der Waals surface area contributed by atoms with E-state index < -0.39 is 22.2 Å². The molecule has 0 spiro atoms. The molecule has 2 rings (SSSR count). The Morgan fingerprint density at radius 3 is 2.81 bits per heavy atom. The summed E-state index contributed by atoms with van der Waals surface area (Å²) in [5.74, 6) is 0.318. The van der Waals surface area contributed by atoms with E-state index in [9.17, 15) is 13.5 Å². The number of rotatable bonds is 5. The zero-order chi connectivity index (χ0) is 15.5. The molecule has 0 saturated heterocycles. The summed E-state index contributed by atoms with van der Waals surface area (Å²) in [7, 11) is -3.73. The quantitative estimate of drug-likeness (QED) is 0.728. The van der Waals surface area contributed by atoms with Gasteiger partial charge < -0.3 is 10.4 Å². The molecule has 118 valence electrons. The maximum Gasteiger partial charge on any atom is 0.244 e. The lowest BCUT2D eigenvalue weighted by atomic mass is 9.93. The first-order chi connectivity index (χ1) is 9.94. The normalized spacial score (nSPS) is 23.0. The van der Waals surface area contributed by atoms with Crippen molar-refractivity contribution in [2.45, 2.75) is 49.6 Å². The maximum absolute atomic E-state index is 12.6. The third-order valence-electron chi connectivity index (χ3n) is 3.49. The summed E-state index contributed by atoms with van der Waals surface area (Å²) < 4.78 is 28.3. The number of aliphatic hydroxyl groups is 1. The molecule has 3 N–H and O–H groups in total. The molecule has 0 radical (unpaired) electrons. The second kappa shape index (κ2) is 7.04. The number of nitrogens with one attached hydrogen (secondary N) is 2. The summed E-state index contributed by atoms with van der Waals surface area (Å²) in [6.07, 6.45) is 4.05. The van der Waals surface area contributed by atoms with Gasteiger partial charge in [0.15, 0.2) is 0 Å². The van der Waals surface area contributed by atoms with Crippen LogP contribution in [-0.4, -0.2) is 37.2 Å². The molecule has 21 heavy (non-hydrogen) atoms. The van der Waals surface area contributed by atoms with Gasteiger partial charge in [-0.1, -0.05) is 12.8 Å². The van der Waals surface area contributed by atoms with Crippen molar-refractivity contribution >= 4 is 31.8 Å². The average molecular weight is 378 g/mol. The van der Waals surface area contributed by atoms with Crippen LogP contribution in [0.4, 0.5) is 5.82 Å². The van der Waals surface area contributed by atoms with Crippen LogP contribution in [0.25, 0.3) is 0 Å². The molecular weight excluding hydrogens is 358 g/mol.